The fourth-order valence-electron chi connectivity index (χ4n) is 1.11. The summed E-state index contributed by atoms with van der Waals surface area (Å²) in [6.07, 6.45) is 0.643. The number of benzene rings is 1. The van der Waals surface area contributed by atoms with Gasteiger partial charge in [0.05, 0.1) is 0 Å². The quantitative estimate of drug-likeness (QED) is 0.624. The highest BCUT2D eigenvalue weighted by Gasteiger charge is 2.06. The van der Waals surface area contributed by atoms with Crippen molar-refractivity contribution in [1.82, 2.24) is 0 Å². The Hall–Kier alpha value is -1.11. The average molecular weight is 162 g/mol. The maximum Gasteiger partial charge on any atom is 0.163 e. The Morgan fingerprint density at radius 1 is 1.25 bits per heavy atom. The first-order valence-electron chi connectivity index (χ1n) is 4.28. The third-order valence-corrected chi connectivity index (χ3v) is 1.69. The van der Waals surface area contributed by atoms with Crippen LogP contribution in [0.5, 0.6) is 0 Å². The van der Waals surface area contributed by atoms with E-state index >= 15 is 0 Å². The predicted octanol–water partition coefficient (Wildman–Crippen LogP) is 2.92. The summed E-state index contributed by atoms with van der Waals surface area (Å²) in [5.41, 5.74) is 0.825. The first-order chi connectivity index (χ1) is 5.70. The molecule has 0 fully saturated rings. The largest absolute Gasteiger partial charge is 0.294 e. The first kappa shape index (κ1) is 8.98. The molecule has 0 saturated carbocycles. The Morgan fingerprint density at radius 3 is 2.33 bits per heavy atom. The lowest BCUT2D eigenvalue weighted by atomic mass is 10.0. The van der Waals surface area contributed by atoms with Crippen LogP contribution in [0.4, 0.5) is 0 Å². The van der Waals surface area contributed by atoms with Crippen molar-refractivity contribution in [2.45, 2.75) is 20.3 Å². The zero-order valence-corrected chi connectivity index (χ0v) is 7.58. The highest BCUT2D eigenvalue weighted by molar-refractivity contribution is 5.96. The molecule has 0 bridgehead atoms. The summed E-state index contributed by atoms with van der Waals surface area (Å²) in [4.78, 5) is 11.5. The van der Waals surface area contributed by atoms with Gasteiger partial charge in [-0.2, -0.15) is 0 Å². The summed E-state index contributed by atoms with van der Waals surface area (Å²) in [7, 11) is 0. The second-order valence-electron chi connectivity index (χ2n) is 3.39. The van der Waals surface area contributed by atoms with E-state index in [0.29, 0.717) is 12.3 Å². The van der Waals surface area contributed by atoms with E-state index in [1.165, 1.54) is 0 Å². The second-order valence-corrected chi connectivity index (χ2v) is 3.39. The van der Waals surface area contributed by atoms with E-state index in [4.69, 9.17) is 0 Å². The topological polar surface area (TPSA) is 17.1 Å². The molecular weight excluding hydrogens is 148 g/mol. The molecule has 0 aliphatic heterocycles. The molecule has 1 aromatic rings. The minimum Gasteiger partial charge on any atom is -0.294 e. The maximum absolute atomic E-state index is 11.5. The van der Waals surface area contributed by atoms with Crippen molar-refractivity contribution in [3.8, 4) is 0 Å². The SMILES string of the molecule is CC(C)CC(=O)c1ccccc1. The summed E-state index contributed by atoms with van der Waals surface area (Å²) in [5, 5.41) is 0. The molecule has 0 spiro atoms. The van der Waals surface area contributed by atoms with Gasteiger partial charge in [-0.1, -0.05) is 44.2 Å². The van der Waals surface area contributed by atoms with Gasteiger partial charge in [0, 0.05) is 12.0 Å². The number of Topliss-reactive ketones (excluding diaryl/α,β-unsaturated/α-hetero) is 1. The van der Waals surface area contributed by atoms with Gasteiger partial charge < -0.3 is 0 Å². The van der Waals surface area contributed by atoms with E-state index in [-0.39, 0.29) is 5.78 Å². The van der Waals surface area contributed by atoms with Gasteiger partial charge in [-0.25, -0.2) is 0 Å². The van der Waals surface area contributed by atoms with E-state index < -0.39 is 0 Å². The fourth-order valence-corrected chi connectivity index (χ4v) is 1.11. The van der Waals surface area contributed by atoms with Crippen molar-refractivity contribution in [3.05, 3.63) is 35.9 Å². The summed E-state index contributed by atoms with van der Waals surface area (Å²) < 4.78 is 0. The van der Waals surface area contributed by atoms with Crippen molar-refractivity contribution < 1.29 is 4.79 Å². The Morgan fingerprint density at radius 2 is 1.83 bits per heavy atom. The van der Waals surface area contributed by atoms with Crippen LogP contribution >= 0.6 is 0 Å². The molecule has 0 amide bonds. The molecule has 0 aromatic heterocycles. The van der Waals surface area contributed by atoms with Crippen LogP contribution in [-0.2, 0) is 0 Å². The summed E-state index contributed by atoms with van der Waals surface area (Å²) in [6, 6.07) is 9.45. The number of hydrogen-bond donors (Lipinski definition) is 0. The molecule has 1 nitrogen and oxygen atoms in total. The molecule has 1 rings (SSSR count). The molecule has 1 aromatic carbocycles. The molecule has 0 unspecified atom stereocenters. The van der Waals surface area contributed by atoms with Crippen LogP contribution in [-0.4, -0.2) is 5.78 Å². The van der Waals surface area contributed by atoms with Crippen LogP contribution in [0.3, 0.4) is 0 Å². The molecule has 0 aliphatic rings. The molecule has 0 radical (unpaired) electrons. The van der Waals surface area contributed by atoms with Crippen LogP contribution in [0.25, 0.3) is 0 Å². The highest BCUT2D eigenvalue weighted by Crippen LogP contribution is 2.08. The minimum absolute atomic E-state index is 0.241. The van der Waals surface area contributed by atoms with Gasteiger partial charge in [-0.3, -0.25) is 4.79 Å². The van der Waals surface area contributed by atoms with Crippen LogP contribution in [0.2, 0.25) is 0 Å². The third kappa shape index (κ3) is 2.50. The van der Waals surface area contributed by atoms with Crippen molar-refractivity contribution in [2.75, 3.05) is 0 Å². The number of ketones is 1. The lowest BCUT2D eigenvalue weighted by Crippen LogP contribution is -2.02. The van der Waals surface area contributed by atoms with Gasteiger partial charge >= 0.3 is 0 Å². The van der Waals surface area contributed by atoms with Crippen LogP contribution in [0.1, 0.15) is 30.6 Å². The molecule has 0 aliphatic carbocycles. The van der Waals surface area contributed by atoms with E-state index in [1.807, 2.05) is 30.3 Å². The van der Waals surface area contributed by atoms with Gasteiger partial charge in [0.15, 0.2) is 5.78 Å². The number of carbonyl (C=O) groups is 1. The Kier molecular flexibility index (Phi) is 3.03. The van der Waals surface area contributed by atoms with E-state index in [1.54, 1.807) is 0 Å². The molecule has 1 heteroatoms. The third-order valence-electron chi connectivity index (χ3n) is 1.69. The zero-order valence-electron chi connectivity index (χ0n) is 7.58. The summed E-state index contributed by atoms with van der Waals surface area (Å²) in [6.45, 7) is 4.11. The van der Waals surface area contributed by atoms with Crippen LogP contribution in [0, 0.1) is 5.92 Å². The maximum atomic E-state index is 11.5. The Labute approximate surface area is 73.4 Å². The zero-order chi connectivity index (χ0) is 8.97. The van der Waals surface area contributed by atoms with Gasteiger partial charge in [-0.05, 0) is 5.92 Å². The van der Waals surface area contributed by atoms with Gasteiger partial charge in [0.25, 0.3) is 0 Å². The minimum atomic E-state index is 0.241. The number of carbonyl (C=O) groups excluding carboxylic acids is 1. The second kappa shape index (κ2) is 4.05. The number of hydrogen-bond acceptors (Lipinski definition) is 1. The molecule has 0 saturated heterocycles. The molecule has 0 atom stereocenters. The van der Waals surface area contributed by atoms with Crippen molar-refractivity contribution in [1.29, 1.82) is 0 Å². The summed E-state index contributed by atoms with van der Waals surface area (Å²) >= 11 is 0. The molecular formula is C11H14O. The summed E-state index contributed by atoms with van der Waals surface area (Å²) in [5.74, 6) is 0.684. The number of rotatable bonds is 3. The van der Waals surface area contributed by atoms with Crippen LogP contribution < -0.4 is 0 Å². The van der Waals surface area contributed by atoms with E-state index in [0.717, 1.165) is 5.56 Å². The van der Waals surface area contributed by atoms with Gasteiger partial charge in [0.2, 0.25) is 0 Å². The molecule has 12 heavy (non-hydrogen) atoms. The molecule has 0 heterocycles. The smallest absolute Gasteiger partial charge is 0.163 e. The van der Waals surface area contributed by atoms with E-state index in [9.17, 15) is 4.79 Å². The normalized spacial score (nSPS) is 10.2. The van der Waals surface area contributed by atoms with Crippen molar-refractivity contribution >= 4 is 5.78 Å². The first-order valence-corrected chi connectivity index (χ1v) is 4.28. The lowest BCUT2D eigenvalue weighted by molar-refractivity contribution is 0.0968. The average Bonchev–Trinajstić information content (AvgIpc) is 2.05. The molecule has 0 N–H and O–H groups in total. The monoisotopic (exact) mass is 162 g/mol. The Bertz CT molecular complexity index is 249. The highest BCUT2D eigenvalue weighted by atomic mass is 16.1. The van der Waals surface area contributed by atoms with Gasteiger partial charge in [-0.15, -0.1) is 0 Å². The standard InChI is InChI=1S/C11H14O/c1-9(2)8-11(12)10-6-4-3-5-7-10/h3-7,9H,8H2,1-2H3. The Balaban J connectivity index is 2.66. The van der Waals surface area contributed by atoms with Crippen LogP contribution in [0.15, 0.2) is 30.3 Å². The fraction of sp³-hybridized carbons (Fsp3) is 0.364. The predicted molar refractivity (Wildman–Crippen MR) is 50.2 cm³/mol. The van der Waals surface area contributed by atoms with Gasteiger partial charge in [0.1, 0.15) is 0 Å². The van der Waals surface area contributed by atoms with E-state index in [2.05, 4.69) is 13.8 Å². The van der Waals surface area contributed by atoms with Crippen molar-refractivity contribution in [2.24, 2.45) is 5.92 Å². The molecule has 64 valence electrons. The lowest BCUT2D eigenvalue weighted by Gasteiger charge is -2.02. The van der Waals surface area contributed by atoms with Crippen molar-refractivity contribution in [3.63, 3.8) is 0 Å².